The normalized spacial score (nSPS) is 11.9. The Morgan fingerprint density at radius 1 is 1.10 bits per heavy atom. The zero-order chi connectivity index (χ0) is 20.2. The first-order valence-electron chi connectivity index (χ1n) is 8.79. The van der Waals surface area contributed by atoms with Gasteiger partial charge in [-0.1, -0.05) is 53.8 Å². The second-order valence-electron chi connectivity index (χ2n) is 6.28. The van der Waals surface area contributed by atoms with E-state index in [0.717, 1.165) is 11.1 Å². The average molecular weight is 409 g/mol. The molecule has 8 nitrogen and oxygen atoms in total. The number of amides is 1. The lowest BCUT2D eigenvalue weighted by atomic mass is 10.1. The monoisotopic (exact) mass is 409 g/mol. The van der Waals surface area contributed by atoms with E-state index < -0.39 is 6.04 Å². The van der Waals surface area contributed by atoms with Gasteiger partial charge in [-0.25, -0.2) is 9.07 Å². The highest BCUT2D eigenvalue weighted by atomic mass is 32.1. The predicted molar refractivity (Wildman–Crippen MR) is 106 cm³/mol. The van der Waals surface area contributed by atoms with Crippen molar-refractivity contribution in [2.45, 2.75) is 19.4 Å². The van der Waals surface area contributed by atoms with Crippen molar-refractivity contribution in [3.63, 3.8) is 0 Å². The van der Waals surface area contributed by atoms with Crippen LogP contribution in [0.1, 0.15) is 17.4 Å². The highest BCUT2D eigenvalue weighted by Gasteiger charge is 2.25. The molecule has 0 spiro atoms. The van der Waals surface area contributed by atoms with Gasteiger partial charge >= 0.3 is 0 Å². The third-order valence-corrected chi connectivity index (χ3v) is 5.16. The molecule has 0 aliphatic carbocycles. The number of tetrazole rings is 1. The molecule has 0 saturated carbocycles. The summed E-state index contributed by atoms with van der Waals surface area (Å²) in [5.41, 5.74) is 1.70. The Morgan fingerprint density at radius 2 is 1.86 bits per heavy atom. The minimum atomic E-state index is -0.723. The van der Waals surface area contributed by atoms with Crippen LogP contribution < -0.4 is 5.32 Å². The van der Waals surface area contributed by atoms with E-state index in [1.54, 1.807) is 19.1 Å². The van der Waals surface area contributed by atoms with Crippen LogP contribution >= 0.6 is 11.3 Å². The Kier molecular flexibility index (Phi) is 5.34. The van der Waals surface area contributed by atoms with Gasteiger partial charge in [-0.05, 0) is 35.0 Å². The highest BCUT2D eigenvalue weighted by molar-refractivity contribution is 7.18. The van der Waals surface area contributed by atoms with E-state index in [2.05, 4.69) is 31.0 Å². The number of hydrogen-bond donors (Lipinski definition) is 1. The van der Waals surface area contributed by atoms with Gasteiger partial charge in [0.05, 0.1) is 0 Å². The van der Waals surface area contributed by atoms with Crippen LogP contribution in [0.5, 0.6) is 0 Å². The zero-order valence-corrected chi connectivity index (χ0v) is 16.2. The Morgan fingerprint density at radius 3 is 2.55 bits per heavy atom. The quantitative estimate of drug-likeness (QED) is 0.526. The number of benzene rings is 2. The van der Waals surface area contributed by atoms with Crippen molar-refractivity contribution < 1.29 is 9.18 Å². The van der Waals surface area contributed by atoms with Gasteiger partial charge in [0, 0.05) is 12.0 Å². The van der Waals surface area contributed by atoms with E-state index in [1.165, 1.54) is 28.2 Å². The Labute approximate surface area is 169 Å². The molecule has 2 heterocycles. The lowest BCUT2D eigenvalue weighted by molar-refractivity contribution is -0.119. The molecule has 0 aliphatic heterocycles. The fourth-order valence-corrected chi connectivity index (χ4v) is 3.57. The van der Waals surface area contributed by atoms with Gasteiger partial charge in [0.15, 0.2) is 0 Å². The molecule has 4 aromatic rings. The van der Waals surface area contributed by atoms with Crippen LogP contribution in [-0.4, -0.2) is 36.3 Å². The molecular formula is C19H16FN7OS. The molecule has 0 aliphatic rings. The molecule has 1 amide bonds. The van der Waals surface area contributed by atoms with Crippen molar-refractivity contribution in [3.8, 4) is 10.6 Å². The van der Waals surface area contributed by atoms with Crippen LogP contribution in [0.3, 0.4) is 0 Å². The summed E-state index contributed by atoms with van der Waals surface area (Å²) in [6, 6.07) is 14.8. The van der Waals surface area contributed by atoms with Crippen molar-refractivity contribution in [3.05, 3.63) is 71.8 Å². The molecule has 0 radical (unpaired) electrons. The molecule has 0 saturated heterocycles. The Hall–Kier alpha value is -3.53. The first-order valence-corrected chi connectivity index (χ1v) is 9.60. The summed E-state index contributed by atoms with van der Waals surface area (Å²) in [5, 5.41) is 23.5. The van der Waals surface area contributed by atoms with E-state index in [9.17, 15) is 9.18 Å². The van der Waals surface area contributed by atoms with Crippen LogP contribution in [0.4, 0.5) is 9.52 Å². The largest absolute Gasteiger partial charge is 0.299 e. The minimum absolute atomic E-state index is 0.294. The number of aromatic nitrogens is 6. The first-order chi connectivity index (χ1) is 14.1. The fraction of sp³-hybridized carbons (Fsp3) is 0.158. The van der Waals surface area contributed by atoms with Gasteiger partial charge in [0.2, 0.25) is 5.13 Å². The number of anilines is 1. The molecule has 1 N–H and O–H groups in total. The van der Waals surface area contributed by atoms with E-state index in [-0.39, 0.29) is 11.7 Å². The van der Waals surface area contributed by atoms with Crippen LogP contribution in [-0.2, 0) is 11.2 Å². The van der Waals surface area contributed by atoms with Crippen LogP contribution in [0.2, 0.25) is 0 Å². The van der Waals surface area contributed by atoms with Crippen molar-refractivity contribution >= 4 is 22.4 Å². The standard InChI is InChI=1S/C19H16FN7OS/c1-12-22-25-26-27(12)16(11-13-7-9-15(20)10-8-13)17(28)21-19-24-23-18(29-19)14-5-3-2-4-6-14/h2-10,16H,11H2,1H3,(H,21,24,28). The molecule has 146 valence electrons. The molecule has 10 heteroatoms. The number of carbonyl (C=O) groups is 1. The summed E-state index contributed by atoms with van der Waals surface area (Å²) in [7, 11) is 0. The maximum atomic E-state index is 13.2. The lowest BCUT2D eigenvalue weighted by Gasteiger charge is -2.16. The molecule has 1 atom stereocenters. The molecule has 2 aromatic heterocycles. The van der Waals surface area contributed by atoms with Crippen molar-refractivity contribution in [2.24, 2.45) is 0 Å². The number of hydrogen-bond acceptors (Lipinski definition) is 7. The number of nitrogens with zero attached hydrogens (tertiary/aromatic N) is 6. The van der Waals surface area contributed by atoms with E-state index >= 15 is 0 Å². The summed E-state index contributed by atoms with van der Waals surface area (Å²) in [6.45, 7) is 1.71. The molecule has 4 rings (SSSR count). The summed E-state index contributed by atoms with van der Waals surface area (Å²) in [5.74, 6) is -0.175. The van der Waals surface area contributed by atoms with Crippen LogP contribution in [0.15, 0.2) is 54.6 Å². The zero-order valence-electron chi connectivity index (χ0n) is 15.4. The summed E-state index contributed by atoms with van der Waals surface area (Å²) < 4.78 is 14.7. The lowest BCUT2D eigenvalue weighted by Crippen LogP contribution is -2.29. The molecule has 1 unspecified atom stereocenters. The van der Waals surface area contributed by atoms with Crippen molar-refractivity contribution in [1.82, 2.24) is 30.4 Å². The van der Waals surface area contributed by atoms with Gasteiger partial charge in [0.25, 0.3) is 5.91 Å². The average Bonchev–Trinajstić information content (AvgIpc) is 3.37. The summed E-state index contributed by atoms with van der Waals surface area (Å²) in [4.78, 5) is 13.0. The van der Waals surface area contributed by atoms with E-state index in [1.807, 2.05) is 30.3 Å². The topological polar surface area (TPSA) is 98.5 Å². The second kappa shape index (κ2) is 8.23. The molecule has 0 fully saturated rings. The Balaban J connectivity index is 1.56. The maximum Gasteiger partial charge on any atom is 0.251 e. The van der Waals surface area contributed by atoms with Crippen LogP contribution in [0.25, 0.3) is 10.6 Å². The molecule has 2 aromatic carbocycles. The predicted octanol–water partition coefficient (Wildman–Crippen LogP) is 3.06. The molecular weight excluding hydrogens is 393 g/mol. The van der Waals surface area contributed by atoms with Gasteiger partial charge in [-0.2, -0.15) is 0 Å². The van der Waals surface area contributed by atoms with Crippen LogP contribution in [0, 0.1) is 12.7 Å². The van der Waals surface area contributed by atoms with Gasteiger partial charge < -0.3 is 0 Å². The summed E-state index contributed by atoms with van der Waals surface area (Å²) >= 11 is 1.28. The highest BCUT2D eigenvalue weighted by Crippen LogP contribution is 2.27. The molecule has 0 bridgehead atoms. The number of rotatable bonds is 6. The molecule has 29 heavy (non-hydrogen) atoms. The van der Waals surface area contributed by atoms with Gasteiger partial charge in [0.1, 0.15) is 22.7 Å². The smallest absolute Gasteiger partial charge is 0.251 e. The summed E-state index contributed by atoms with van der Waals surface area (Å²) in [6.07, 6.45) is 0.294. The number of carbonyl (C=O) groups excluding carboxylic acids is 1. The van der Waals surface area contributed by atoms with E-state index in [4.69, 9.17) is 0 Å². The van der Waals surface area contributed by atoms with E-state index in [0.29, 0.717) is 22.4 Å². The van der Waals surface area contributed by atoms with Crippen molar-refractivity contribution in [2.75, 3.05) is 5.32 Å². The van der Waals surface area contributed by atoms with Gasteiger partial charge in [-0.3, -0.25) is 10.1 Å². The second-order valence-corrected chi connectivity index (χ2v) is 7.26. The number of nitrogens with one attached hydrogen (secondary N) is 1. The fourth-order valence-electron chi connectivity index (χ4n) is 2.82. The SMILES string of the molecule is Cc1nnnn1C(Cc1ccc(F)cc1)C(=O)Nc1nnc(-c2ccccc2)s1. The number of aryl methyl sites for hydroxylation is 1. The van der Waals surface area contributed by atoms with Crippen molar-refractivity contribution in [1.29, 1.82) is 0 Å². The van der Waals surface area contributed by atoms with Gasteiger partial charge in [-0.15, -0.1) is 15.3 Å². The maximum absolute atomic E-state index is 13.2. The third-order valence-electron chi connectivity index (χ3n) is 4.27. The third kappa shape index (κ3) is 4.32. The number of halogens is 1. The first kappa shape index (κ1) is 18.8. The Bertz CT molecular complexity index is 1110. The minimum Gasteiger partial charge on any atom is -0.299 e.